The van der Waals surface area contributed by atoms with E-state index in [9.17, 15) is 24.9 Å². The Morgan fingerprint density at radius 3 is 2.00 bits per heavy atom. The average molecular weight is 344 g/mol. The number of hydrogen-bond donors (Lipinski definition) is 5. The van der Waals surface area contributed by atoms with E-state index in [4.69, 9.17) is 15.8 Å². The quantitative estimate of drug-likeness (QED) is 0.193. The van der Waals surface area contributed by atoms with Gasteiger partial charge in [0.1, 0.15) is 31.3 Å². The molecule has 0 bridgehead atoms. The maximum absolute atomic E-state index is 11.6. The molecule has 24 heavy (non-hydrogen) atoms. The van der Waals surface area contributed by atoms with Crippen molar-refractivity contribution in [3.63, 3.8) is 0 Å². The number of carbonyl (C=O) groups excluding carboxylic acids is 2. The van der Waals surface area contributed by atoms with Crippen molar-refractivity contribution >= 4 is 11.8 Å². The van der Waals surface area contributed by atoms with Crippen LogP contribution in [0.15, 0.2) is 10.2 Å². The van der Waals surface area contributed by atoms with Crippen LogP contribution >= 0.6 is 0 Å². The van der Waals surface area contributed by atoms with Crippen LogP contribution < -0.4 is 10.6 Å². The summed E-state index contributed by atoms with van der Waals surface area (Å²) in [7, 11) is 0. The van der Waals surface area contributed by atoms with Crippen molar-refractivity contribution in [3.05, 3.63) is 20.9 Å². The third-order valence-corrected chi connectivity index (χ3v) is 3.15. The summed E-state index contributed by atoms with van der Waals surface area (Å²) < 4.78 is 5.05. The number of ether oxygens (including phenoxy) is 1. The molecule has 1 rings (SSSR count). The van der Waals surface area contributed by atoms with Gasteiger partial charge in [-0.1, -0.05) is 10.2 Å². The molecular formula is C10H16N8O6. The number of hydrogen-bond acceptors (Lipinski definition) is 8. The van der Waals surface area contributed by atoms with Crippen LogP contribution in [0.1, 0.15) is 0 Å². The molecule has 5 atom stereocenters. The molecule has 14 nitrogen and oxygen atoms in total. The second-order valence-electron chi connectivity index (χ2n) is 4.70. The van der Waals surface area contributed by atoms with Crippen molar-refractivity contribution in [2.75, 3.05) is 19.7 Å². The van der Waals surface area contributed by atoms with Crippen molar-refractivity contribution in [1.29, 1.82) is 0 Å². The molecule has 1 aliphatic heterocycles. The smallest absolute Gasteiger partial charge is 0.226 e. The molecule has 1 heterocycles. The first-order chi connectivity index (χ1) is 11.4. The molecule has 2 amide bonds. The van der Waals surface area contributed by atoms with Gasteiger partial charge < -0.3 is 30.7 Å². The second kappa shape index (κ2) is 9.52. The van der Waals surface area contributed by atoms with Crippen molar-refractivity contribution in [3.8, 4) is 0 Å². The van der Waals surface area contributed by atoms with Gasteiger partial charge in [-0.05, 0) is 11.1 Å². The molecule has 132 valence electrons. The first-order valence-electron chi connectivity index (χ1n) is 6.67. The number of azide groups is 2. The number of aliphatic hydroxyl groups is 3. The molecule has 1 saturated heterocycles. The molecule has 0 radical (unpaired) electrons. The van der Waals surface area contributed by atoms with Crippen molar-refractivity contribution in [1.82, 2.24) is 10.6 Å². The van der Waals surface area contributed by atoms with Crippen LogP contribution in [0, 0.1) is 0 Å². The third-order valence-electron chi connectivity index (χ3n) is 3.15. The topological polar surface area (TPSA) is 226 Å². The number of nitrogens with zero attached hydrogens (tertiary/aromatic N) is 6. The lowest BCUT2D eigenvalue weighted by molar-refractivity contribution is -0.226. The van der Waals surface area contributed by atoms with Crippen LogP contribution in [0.5, 0.6) is 0 Å². The molecule has 0 aliphatic carbocycles. The minimum absolute atomic E-state index is 0.547. The zero-order valence-corrected chi connectivity index (χ0v) is 12.3. The van der Waals surface area contributed by atoms with E-state index in [1.165, 1.54) is 0 Å². The van der Waals surface area contributed by atoms with E-state index in [1.807, 2.05) is 0 Å². The number of rotatable bonds is 7. The Balaban J connectivity index is 2.83. The first-order valence-corrected chi connectivity index (χ1v) is 6.67. The second-order valence-corrected chi connectivity index (χ2v) is 4.70. The van der Waals surface area contributed by atoms with E-state index in [1.54, 1.807) is 0 Å². The van der Waals surface area contributed by atoms with Gasteiger partial charge in [-0.25, -0.2) is 0 Å². The molecule has 3 unspecified atom stereocenters. The van der Waals surface area contributed by atoms with Gasteiger partial charge >= 0.3 is 0 Å². The van der Waals surface area contributed by atoms with Gasteiger partial charge in [0.05, 0.1) is 12.6 Å². The molecule has 5 N–H and O–H groups in total. The summed E-state index contributed by atoms with van der Waals surface area (Å²) in [6, 6.07) is -2.54. The SMILES string of the molecule is [N-]=[N+]=NCC(=O)N[C@@H]1C(CO)OC(O)[C@H](NC(=O)CN=[N+]=[N-])C1O. The lowest BCUT2D eigenvalue weighted by atomic mass is 9.94. The predicted octanol–water partition coefficient (Wildman–Crippen LogP) is -2.35. The maximum atomic E-state index is 11.6. The molecule has 1 fully saturated rings. The van der Waals surface area contributed by atoms with Crippen LogP contribution in [0.3, 0.4) is 0 Å². The lowest BCUT2D eigenvalue weighted by Crippen LogP contribution is -2.68. The minimum atomic E-state index is -1.67. The minimum Gasteiger partial charge on any atom is -0.394 e. The zero-order chi connectivity index (χ0) is 18.1. The summed E-state index contributed by atoms with van der Waals surface area (Å²) in [6.45, 7) is -1.75. The van der Waals surface area contributed by atoms with E-state index >= 15 is 0 Å². The fraction of sp³-hybridized carbons (Fsp3) is 0.800. The molecule has 14 heteroatoms. The summed E-state index contributed by atoms with van der Waals surface area (Å²) >= 11 is 0. The summed E-state index contributed by atoms with van der Waals surface area (Å²) in [4.78, 5) is 27.9. The van der Waals surface area contributed by atoms with Gasteiger partial charge in [-0.15, -0.1) is 0 Å². The highest BCUT2D eigenvalue weighted by Gasteiger charge is 2.45. The lowest BCUT2D eigenvalue weighted by Gasteiger charge is -2.42. The monoisotopic (exact) mass is 344 g/mol. The number of nitrogens with one attached hydrogen (secondary N) is 2. The van der Waals surface area contributed by atoms with Gasteiger partial charge in [-0.3, -0.25) is 9.59 Å². The van der Waals surface area contributed by atoms with Crippen LogP contribution in [0.4, 0.5) is 0 Å². The molecular weight excluding hydrogens is 328 g/mol. The van der Waals surface area contributed by atoms with Crippen molar-refractivity contribution in [2.24, 2.45) is 10.2 Å². The highest BCUT2D eigenvalue weighted by molar-refractivity contribution is 5.79. The Bertz CT molecular complexity index is 560. The van der Waals surface area contributed by atoms with Crippen LogP contribution in [0.25, 0.3) is 20.9 Å². The molecule has 0 aromatic carbocycles. The van der Waals surface area contributed by atoms with E-state index < -0.39 is 62.1 Å². The van der Waals surface area contributed by atoms with Gasteiger partial charge in [0.25, 0.3) is 0 Å². The normalized spacial score (nSPS) is 28.9. The Morgan fingerprint density at radius 1 is 1.04 bits per heavy atom. The predicted molar refractivity (Wildman–Crippen MR) is 75.9 cm³/mol. The van der Waals surface area contributed by atoms with Crippen molar-refractivity contribution in [2.45, 2.75) is 30.6 Å². The standard InChI is InChI=1S/C10H16N8O6/c11-17-13-1-5(20)15-7-4(3-19)24-10(23)8(9(7)22)16-6(21)2-14-18-12/h4,7-10,19,22-23H,1-3H2,(H,15,20)(H,16,21)/t4?,7-,8-,9?,10?/m1/s1. The molecule has 0 aromatic heterocycles. The van der Waals surface area contributed by atoms with Gasteiger partial charge in [0, 0.05) is 9.82 Å². The summed E-state index contributed by atoms with van der Waals surface area (Å²) in [5, 5.41) is 39.9. The van der Waals surface area contributed by atoms with Crippen molar-refractivity contribution < 1.29 is 29.6 Å². The Labute approximate surface area is 134 Å². The van der Waals surface area contributed by atoms with E-state index in [-0.39, 0.29) is 0 Å². The summed E-state index contributed by atoms with van der Waals surface area (Å²) in [5.74, 6) is -1.55. The fourth-order valence-corrected chi connectivity index (χ4v) is 2.11. The number of aliphatic hydroxyl groups excluding tert-OH is 3. The van der Waals surface area contributed by atoms with Crippen LogP contribution in [-0.2, 0) is 14.3 Å². The first kappa shape index (κ1) is 19.4. The Morgan fingerprint density at radius 2 is 1.54 bits per heavy atom. The van der Waals surface area contributed by atoms with Gasteiger partial charge in [-0.2, -0.15) is 0 Å². The Kier molecular flexibility index (Phi) is 7.71. The van der Waals surface area contributed by atoms with Gasteiger partial charge in [0.15, 0.2) is 6.29 Å². The summed E-state index contributed by atoms with van der Waals surface area (Å²) in [5.41, 5.74) is 16.3. The number of carbonyl (C=O) groups is 2. The van der Waals surface area contributed by atoms with Gasteiger partial charge in [0.2, 0.25) is 11.8 Å². The third kappa shape index (κ3) is 5.24. The van der Waals surface area contributed by atoms with E-state index in [2.05, 4.69) is 30.7 Å². The van der Waals surface area contributed by atoms with E-state index in [0.29, 0.717) is 0 Å². The van der Waals surface area contributed by atoms with E-state index in [0.717, 1.165) is 0 Å². The largest absolute Gasteiger partial charge is 0.394 e. The summed E-state index contributed by atoms with van der Waals surface area (Å²) in [6.07, 6.45) is -4.36. The highest BCUT2D eigenvalue weighted by atomic mass is 16.6. The fourth-order valence-electron chi connectivity index (χ4n) is 2.11. The average Bonchev–Trinajstić information content (AvgIpc) is 2.57. The number of amides is 2. The molecule has 0 saturated carbocycles. The molecule has 0 spiro atoms. The molecule has 0 aromatic rings. The maximum Gasteiger partial charge on any atom is 0.226 e. The van der Waals surface area contributed by atoms with Crippen LogP contribution in [-0.4, -0.2) is 77.4 Å². The highest BCUT2D eigenvalue weighted by Crippen LogP contribution is 2.20. The van der Waals surface area contributed by atoms with Crippen LogP contribution in [0.2, 0.25) is 0 Å². The Hall–Kier alpha value is -2.60. The molecule has 1 aliphatic rings. The zero-order valence-electron chi connectivity index (χ0n) is 12.3.